The maximum atomic E-state index is 13.4. The highest BCUT2D eigenvalue weighted by Crippen LogP contribution is 2.34. The van der Waals surface area contributed by atoms with E-state index in [4.69, 9.17) is 21.6 Å². The molecule has 1 aliphatic carbocycles. The molecule has 0 aromatic heterocycles. The molecule has 0 radical (unpaired) electrons. The second-order valence-corrected chi connectivity index (χ2v) is 15.3. The first-order valence-corrected chi connectivity index (χ1v) is 19.2. The number of fused-ring (bicyclic) bond motifs is 2. The molecule has 54 heavy (non-hydrogen) atoms. The van der Waals surface area contributed by atoms with Gasteiger partial charge in [-0.1, -0.05) is 11.6 Å². The van der Waals surface area contributed by atoms with Gasteiger partial charge < -0.3 is 15.0 Å². The standard InChI is InChI=1S/C41H41ClN6O6/c42-35-21-32(8-3-26(35)22-43)54-31-9-4-28(5-10-31)44-38(50)24-1-6-29(7-2-24)46-17-14-30(15-18-46)47-16-13-25-19-33-34(20-27(25)23-47)41(53)48(40(33)52)36-11-12-37(49)45-39(36)51/h1-3,6-8,19-21,28,30-31,36H,4-5,9-18,23H2,(H,44,50)(H,45,49,51). The molecule has 8 rings (SSSR count). The van der Waals surface area contributed by atoms with Gasteiger partial charge >= 0.3 is 0 Å². The molecule has 3 aromatic carbocycles. The minimum atomic E-state index is -0.970. The molecule has 4 aliphatic heterocycles. The van der Waals surface area contributed by atoms with Crippen LogP contribution in [0.5, 0.6) is 5.75 Å². The molecule has 0 spiro atoms. The van der Waals surface area contributed by atoms with Gasteiger partial charge in [-0.05, 0) is 111 Å². The van der Waals surface area contributed by atoms with Crippen LogP contribution in [-0.2, 0) is 22.6 Å². The molecule has 2 saturated heterocycles. The summed E-state index contributed by atoms with van der Waals surface area (Å²) in [5, 5.41) is 14.9. The molecule has 12 nitrogen and oxygen atoms in total. The summed E-state index contributed by atoms with van der Waals surface area (Å²) in [6.45, 7) is 3.33. The highest BCUT2D eigenvalue weighted by atomic mass is 35.5. The topological polar surface area (TPSA) is 152 Å². The number of benzene rings is 3. The maximum absolute atomic E-state index is 13.4. The van der Waals surface area contributed by atoms with Crippen LogP contribution in [0, 0.1) is 11.3 Å². The number of imide groups is 2. The van der Waals surface area contributed by atoms with Gasteiger partial charge in [0.2, 0.25) is 11.8 Å². The van der Waals surface area contributed by atoms with E-state index in [1.165, 1.54) is 0 Å². The molecular formula is C41H41ClN6O6. The van der Waals surface area contributed by atoms with Crippen molar-refractivity contribution in [3.8, 4) is 11.8 Å². The first-order chi connectivity index (χ1) is 26.1. The zero-order valence-electron chi connectivity index (χ0n) is 29.8. The molecule has 278 valence electrons. The number of anilines is 1. The Labute approximate surface area is 318 Å². The quantitative estimate of drug-likeness (QED) is 0.326. The number of rotatable bonds is 7. The average molecular weight is 749 g/mol. The average Bonchev–Trinajstić information content (AvgIpc) is 3.42. The van der Waals surface area contributed by atoms with E-state index < -0.39 is 23.8 Å². The van der Waals surface area contributed by atoms with E-state index in [0.29, 0.717) is 45.6 Å². The van der Waals surface area contributed by atoms with E-state index in [9.17, 15) is 24.0 Å². The number of nitriles is 1. The van der Waals surface area contributed by atoms with Crippen LogP contribution in [0.1, 0.15) is 99.1 Å². The van der Waals surface area contributed by atoms with Crippen molar-refractivity contribution in [2.75, 3.05) is 24.5 Å². The van der Waals surface area contributed by atoms with Crippen molar-refractivity contribution >= 4 is 46.8 Å². The van der Waals surface area contributed by atoms with Crippen LogP contribution in [0.2, 0.25) is 5.02 Å². The van der Waals surface area contributed by atoms with Gasteiger partial charge in [0.15, 0.2) is 0 Å². The third kappa shape index (κ3) is 7.06. The molecule has 4 heterocycles. The van der Waals surface area contributed by atoms with E-state index in [1.807, 2.05) is 36.4 Å². The Balaban J connectivity index is 0.810. The summed E-state index contributed by atoms with van der Waals surface area (Å²) < 4.78 is 6.09. The number of hydrogen-bond acceptors (Lipinski definition) is 9. The highest BCUT2D eigenvalue weighted by molar-refractivity contribution is 6.31. The molecule has 3 aromatic rings. The van der Waals surface area contributed by atoms with E-state index in [1.54, 1.807) is 18.2 Å². The van der Waals surface area contributed by atoms with Crippen LogP contribution in [-0.4, -0.2) is 83.2 Å². The number of nitrogens with one attached hydrogen (secondary N) is 2. The van der Waals surface area contributed by atoms with E-state index in [2.05, 4.69) is 26.5 Å². The molecule has 1 saturated carbocycles. The zero-order chi connectivity index (χ0) is 37.5. The fourth-order valence-corrected chi connectivity index (χ4v) is 8.83. The SMILES string of the molecule is N#Cc1ccc(OC2CCC(NC(=O)c3ccc(N4CCC(N5CCc6cc7c(cc6C5)C(=O)N(C5CCC(=O)NC5=O)C7=O)CC4)cc3)CC2)cc1Cl. The van der Waals surface area contributed by atoms with E-state index in [-0.39, 0.29) is 36.8 Å². The van der Waals surface area contributed by atoms with Crippen molar-refractivity contribution < 1.29 is 28.7 Å². The highest BCUT2D eigenvalue weighted by Gasteiger charge is 2.45. The summed E-state index contributed by atoms with van der Waals surface area (Å²) in [4.78, 5) is 69.8. The van der Waals surface area contributed by atoms with Gasteiger partial charge in [0, 0.05) is 62.0 Å². The molecule has 13 heteroatoms. The largest absolute Gasteiger partial charge is 0.490 e. The number of nitrogens with zero attached hydrogens (tertiary/aromatic N) is 4. The number of carbonyl (C=O) groups excluding carboxylic acids is 5. The zero-order valence-corrected chi connectivity index (χ0v) is 30.6. The number of ether oxygens (including phenoxy) is 1. The summed E-state index contributed by atoms with van der Waals surface area (Å²) in [6.07, 6.45) is 6.27. The van der Waals surface area contributed by atoms with Crippen LogP contribution >= 0.6 is 11.6 Å². The molecule has 1 unspecified atom stereocenters. The van der Waals surface area contributed by atoms with Crippen LogP contribution in [0.15, 0.2) is 54.6 Å². The second-order valence-electron chi connectivity index (χ2n) is 14.9. The smallest absolute Gasteiger partial charge is 0.262 e. The Morgan fingerprint density at radius 2 is 1.54 bits per heavy atom. The van der Waals surface area contributed by atoms with Gasteiger partial charge in [-0.3, -0.25) is 39.1 Å². The van der Waals surface area contributed by atoms with E-state index >= 15 is 0 Å². The van der Waals surface area contributed by atoms with Crippen LogP contribution in [0.3, 0.4) is 0 Å². The lowest BCUT2D eigenvalue weighted by molar-refractivity contribution is -0.136. The number of piperidine rings is 2. The van der Waals surface area contributed by atoms with Gasteiger partial charge in [-0.15, -0.1) is 0 Å². The first-order valence-electron chi connectivity index (χ1n) is 18.8. The molecule has 1 atom stereocenters. The van der Waals surface area contributed by atoms with Gasteiger partial charge in [0.05, 0.1) is 27.8 Å². The summed E-state index contributed by atoms with van der Waals surface area (Å²) in [6, 6.07) is 18.2. The predicted octanol–water partition coefficient (Wildman–Crippen LogP) is 4.76. The molecule has 0 bridgehead atoms. The predicted molar refractivity (Wildman–Crippen MR) is 199 cm³/mol. The molecular weight excluding hydrogens is 708 g/mol. The molecule has 3 fully saturated rings. The first kappa shape index (κ1) is 35.8. The minimum absolute atomic E-state index is 0.0366. The third-order valence-electron chi connectivity index (χ3n) is 11.7. The minimum Gasteiger partial charge on any atom is -0.490 e. The summed E-state index contributed by atoms with van der Waals surface area (Å²) >= 11 is 6.15. The second kappa shape index (κ2) is 14.9. The van der Waals surface area contributed by atoms with Crippen LogP contribution in [0.4, 0.5) is 5.69 Å². The summed E-state index contributed by atoms with van der Waals surface area (Å²) in [5.41, 5.74) is 4.93. The number of halogens is 1. The fourth-order valence-electron chi connectivity index (χ4n) is 8.62. The van der Waals surface area contributed by atoms with Gasteiger partial charge in [0.25, 0.3) is 17.7 Å². The normalized spacial score (nSPS) is 23.4. The van der Waals surface area contributed by atoms with Crippen molar-refractivity contribution in [2.24, 2.45) is 0 Å². The number of carbonyl (C=O) groups is 5. The summed E-state index contributed by atoms with van der Waals surface area (Å²) in [7, 11) is 0. The van der Waals surface area contributed by atoms with Crippen molar-refractivity contribution in [3.63, 3.8) is 0 Å². The Kier molecular flexibility index (Phi) is 9.85. The van der Waals surface area contributed by atoms with Crippen molar-refractivity contribution in [1.82, 2.24) is 20.4 Å². The van der Waals surface area contributed by atoms with Crippen molar-refractivity contribution in [2.45, 2.75) is 88.6 Å². The fraction of sp³-hybridized carbons (Fsp3) is 0.415. The Morgan fingerprint density at radius 3 is 2.20 bits per heavy atom. The number of amides is 5. The maximum Gasteiger partial charge on any atom is 0.262 e. The van der Waals surface area contributed by atoms with Crippen LogP contribution < -0.4 is 20.3 Å². The molecule has 5 amide bonds. The third-order valence-corrected chi connectivity index (χ3v) is 12.0. The molecule has 2 N–H and O–H groups in total. The van der Waals surface area contributed by atoms with Crippen LogP contribution in [0.25, 0.3) is 0 Å². The summed E-state index contributed by atoms with van der Waals surface area (Å²) in [5.74, 6) is -1.35. The lowest BCUT2D eigenvalue weighted by atomic mass is 9.92. The van der Waals surface area contributed by atoms with Gasteiger partial charge in [-0.25, -0.2) is 0 Å². The monoisotopic (exact) mass is 748 g/mol. The van der Waals surface area contributed by atoms with Crippen molar-refractivity contribution in [3.05, 3.63) is 93.0 Å². The lowest BCUT2D eigenvalue weighted by Crippen LogP contribution is -2.54. The van der Waals surface area contributed by atoms with E-state index in [0.717, 1.165) is 86.3 Å². The lowest BCUT2D eigenvalue weighted by Gasteiger charge is -2.41. The number of hydrogen-bond donors (Lipinski definition) is 2. The van der Waals surface area contributed by atoms with Gasteiger partial charge in [0.1, 0.15) is 17.9 Å². The Hall–Kier alpha value is -5.25. The Morgan fingerprint density at radius 1 is 0.833 bits per heavy atom. The molecule has 5 aliphatic rings. The van der Waals surface area contributed by atoms with Gasteiger partial charge in [-0.2, -0.15) is 5.26 Å². The Bertz CT molecular complexity index is 2060. The van der Waals surface area contributed by atoms with Crippen molar-refractivity contribution in [1.29, 1.82) is 5.26 Å².